The van der Waals surface area contributed by atoms with E-state index in [4.69, 9.17) is 22.6 Å². The van der Waals surface area contributed by atoms with Gasteiger partial charge in [-0.15, -0.1) is 0 Å². The fourth-order valence-corrected chi connectivity index (χ4v) is 3.93. The zero-order chi connectivity index (χ0) is 26.6. The van der Waals surface area contributed by atoms with Gasteiger partial charge in [0.2, 0.25) is 0 Å². The normalized spacial score (nSPS) is 11.1. The van der Waals surface area contributed by atoms with E-state index >= 15 is 0 Å². The Hall–Kier alpha value is -1.93. The number of phenolic OH excluding ortho intramolecular Hbond substituents is 1. The molecule has 0 saturated carbocycles. The Morgan fingerprint density at radius 2 is 0.914 bits per heavy atom. The quantitative estimate of drug-likeness (QED) is 0.193. The van der Waals surface area contributed by atoms with Crippen LogP contribution in [-0.4, -0.2) is 53.3 Å². The van der Waals surface area contributed by atoms with Gasteiger partial charge in [0.05, 0.1) is 26.2 Å². The van der Waals surface area contributed by atoms with Crippen molar-refractivity contribution in [3.8, 4) is 16.9 Å². The molecule has 0 aliphatic carbocycles. The van der Waals surface area contributed by atoms with Crippen molar-refractivity contribution in [3.63, 3.8) is 0 Å². The number of unbranched alkanes of at least 4 members (excludes halogenated alkanes) is 4. The molecule has 2 aromatic carbocycles. The lowest BCUT2D eigenvalue weighted by Crippen LogP contribution is -2.50. The van der Waals surface area contributed by atoms with Gasteiger partial charge in [0, 0.05) is 0 Å². The SMILES string of the molecule is CCCC[N+](CCCC)(CCCC)CCCC.O=S(=O)(O)O.Oc1ccc(-c2ccccc2)cc1. The minimum absolute atomic E-state index is 0.305. The van der Waals surface area contributed by atoms with Gasteiger partial charge < -0.3 is 9.59 Å². The van der Waals surface area contributed by atoms with Crippen molar-refractivity contribution in [2.24, 2.45) is 0 Å². The summed E-state index contributed by atoms with van der Waals surface area (Å²) in [5.41, 5.74) is 2.29. The first-order chi connectivity index (χ1) is 16.6. The number of nitrogens with zero attached hydrogens (tertiary/aromatic N) is 1. The molecule has 0 saturated heterocycles. The van der Waals surface area contributed by atoms with Crippen molar-refractivity contribution in [1.29, 1.82) is 0 Å². The van der Waals surface area contributed by atoms with E-state index in [2.05, 4.69) is 27.7 Å². The molecular weight excluding hydrogens is 462 g/mol. The Kier molecular flexibility index (Phi) is 18.2. The Labute approximate surface area is 214 Å². The maximum atomic E-state index is 9.10. The van der Waals surface area contributed by atoms with Crippen LogP contribution in [0, 0.1) is 0 Å². The summed E-state index contributed by atoms with van der Waals surface area (Å²) >= 11 is 0. The van der Waals surface area contributed by atoms with Crippen LogP contribution in [0.4, 0.5) is 0 Å². The van der Waals surface area contributed by atoms with Crippen LogP contribution in [-0.2, 0) is 10.4 Å². The predicted octanol–water partition coefficient (Wildman–Crippen LogP) is 7.41. The van der Waals surface area contributed by atoms with E-state index < -0.39 is 10.4 Å². The monoisotopic (exact) mass is 510 g/mol. The Balaban J connectivity index is 0.000000564. The van der Waals surface area contributed by atoms with E-state index in [1.165, 1.54) is 87.6 Å². The summed E-state index contributed by atoms with van der Waals surface area (Å²) < 4.78 is 33.0. The summed E-state index contributed by atoms with van der Waals surface area (Å²) in [4.78, 5) is 0. The fourth-order valence-electron chi connectivity index (χ4n) is 3.93. The van der Waals surface area contributed by atoms with Gasteiger partial charge in [0.15, 0.2) is 0 Å². The van der Waals surface area contributed by atoms with Gasteiger partial charge in [-0.05, 0) is 48.9 Å². The molecule has 200 valence electrons. The number of hydrogen-bond acceptors (Lipinski definition) is 3. The van der Waals surface area contributed by atoms with Crippen molar-refractivity contribution in [1.82, 2.24) is 0 Å². The maximum absolute atomic E-state index is 9.10. The zero-order valence-electron chi connectivity index (χ0n) is 22.2. The van der Waals surface area contributed by atoms with E-state index in [0.29, 0.717) is 5.75 Å². The zero-order valence-corrected chi connectivity index (χ0v) is 23.0. The average molecular weight is 511 g/mol. The van der Waals surface area contributed by atoms with E-state index in [-0.39, 0.29) is 0 Å². The Bertz CT molecular complexity index is 809. The van der Waals surface area contributed by atoms with Crippen LogP contribution >= 0.6 is 0 Å². The highest BCUT2D eigenvalue weighted by Gasteiger charge is 2.24. The van der Waals surface area contributed by atoms with Crippen LogP contribution in [0.3, 0.4) is 0 Å². The molecule has 0 heterocycles. The summed E-state index contributed by atoms with van der Waals surface area (Å²) in [5.74, 6) is 0.305. The van der Waals surface area contributed by atoms with Crippen molar-refractivity contribution >= 4 is 10.4 Å². The second-order valence-electron chi connectivity index (χ2n) is 9.01. The lowest BCUT2D eigenvalue weighted by molar-refractivity contribution is -0.929. The van der Waals surface area contributed by atoms with Crippen molar-refractivity contribution in [2.75, 3.05) is 26.2 Å². The second kappa shape index (κ2) is 19.3. The molecule has 0 aliphatic rings. The molecule has 0 atom stereocenters. The fraction of sp³-hybridized carbons (Fsp3) is 0.571. The highest BCUT2D eigenvalue weighted by molar-refractivity contribution is 7.79. The van der Waals surface area contributed by atoms with Crippen molar-refractivity contribution < 1.29 is 27.1 Å². The summed E-state index contributed by atoms with van der Waals surface area (Å²) in [7, 11) is -4.67. The molecule has 2 aromatic rings. The number of benzene rings is 2. The first kappa shape index (κ1) is 33.1. The first-order valence-corrected chi connectivity index (χ1v) is 14.4. The molecule has 0 aliphatic heterocycles. The predicted molar refractivity (Wildman–Crippen MR) is 147 cm³/mol. The number of aromatic hydroxyl groups is 1. The molecule has 7 heteroatoms. The average Bonchev–Trinajstić information content (AvgIpc) is 2.83. The molecule has 0 unspecified atom stereocenters. The van der Waals surface area contributed by atoms with Crippen molar-refractivity contribution in [3.05, 3.63) is 54.6 Å². The molecule has 6 nitrogen and oxygen atoms in total. The lowest BCUT2D eigenvalue weighted by atomic mass is 10.1. The smallest absolute Gasteiger partial charge is 0.394 e. The van der Waals surface area contributed by atoms with E-state index in [9.17, 15) is 0 Å². The molecule has 2 rings (SSSR count). The highest BCUT2D eigenvalue weighted by Crippen LogP contribution is 2.21. The van der Waals surface area contributed by atoms with Crippen molar-refractivity contribution in [2.45, 2.75) is 79.1 Å². The molecule has 3 N–H and O–H groups in total. The van der Waals surface area contributed by atoms with Crippen LogP contribution < -0.4 is 0 Å². The van der Waals surface area contributed by atoms with Gasteiger partial charge in [0.25, 0.3) is 0 Å². The van der Waals surface area contributed by atoms with Gasteiger partial charge in [-0.2, -0.15) is 8.42 Å². The third-order valence-electron chi connectivity index (χ3n) is 5.92. The topological polar surface area (TPSA) is 94.8 Å². The minimum atomic E-state index is -4.67. The van der Waals surface area contributed by atoms with Crippen LogP contribution in [0.2, 0.25) is 0 Å². The van der Waals surface area contributed by atoms with Gasteiger partial charge in [0.1, 0.15) is 5.75 Å². The second-order valence-corrected chi connectivity index (χ2v) is 9.91. The lowest BCUT2D eigenvalue weighted by Gasteiger charge is -2.39. The number of rotatable bonds is 13. The summed E-state index contributed by atoms with van der Waals surface area (Å²) in [6, 6.07) is 17.3. The largest absolute Gasteiger partial charge is 0.508 e. The summed E-state index contributed by atoms with van der Waals surface area (Å²) in [5, 5.41) is 9.10. The molecule has 0 bridgehead atoms. The van der Waals surface area contributed by atoms with Crippen LogP contribution in [0.5, 0.6) is 5.75 Å². The summed E-state index contributed by atoms with van der Waals surface area (Å²) in [6.07, 6.45) is 11.1. The maximum Gasteiger partial charge on any atom is 0.394 e. The van der Waals surface area contributed by atoms with Gasteiger partial charge in [-0.3, -0.25) is 9.11 Å². The Morgan fingerprint density at radius 1 is 0.600 bits per heavy atom. The van der Waals surface area contributed by atoms with Gasteiger partial charge >= 0.3 is 10.4 Å². The highest BCUT2D eigenvalue weighted by atomic mass is 32.3. The molecule has 35 heavy (non-hydrogen) atoms. The van der Waals surface area contributed by atoms with E-state index in [0.717, 1.165) is 5.56 Å². The minimum Gasteiger partial charge on any atom is -0.508 e. The van der Waals surface area contributed by atoms with Crippen LogP contribution in [0.15, 0.2) is 54.6 Å². The molecule has 0 amide bonds. The standard InChI is InChI=1S/C16H36N.C12H10O.H2O4S/c1-5-9-13-17(14-10-6-2,15-11-7-3)16-12-8-4;13-12-8-6-11(7-9-12)10-4-2-1-3-5-10;1-5(2,3)4/h5-16H2,1-4H3;1-9,13H;(H2,1,2,3,4)/q+1;;. The third kappa shape index (κ3) is 18.1. The van der Waals surface area contributed by atoms with Crippen LogP contribution in [0.25, 0.3) is 11.1 Å². The number of phenols is 1. The molecule has 0 spiro atoms. The van der Waals surface area contributed by atoms with E-state index in [1.54, 1.807) is 12.1 Å². The molecule has 0 radical (unpaired) electrons. The summed E-state index contributed by atoms with van der Waals surface area (Å²) in [6.45, 7) is 15.0. The molecule has 0 aromatic heterocycles. The van der Waals surface area contributed by atoms with Crippen LogP contribution in [0.1, 0.15) is 79.1 Å². The Morgan fingerprint density at radius 3 is 1.23 bits per heavy atom. The van der Waals surface area contributed by atoms with Gasteiger partial charge in [-0.1, -0.05) is 95.8 Å². The first-order valence-electron chi connectivity index (χ1n) is 13.0. The molecular formula is C28H48NO5S+. The third-order valence-corrected chi connectivity index (χ3v) is 5.92. The van der Waals surface area contributed by atoms with E-state index in [1.807, 2.05) is 42.5 Å². The molecule has 0 fully saturated rings. The number of quaternary nitrogens is 1. The number of hydrogen-bond donors (Lipinski definition) is 3. The van der Waals surface area contributed by atoms with Gasteiger partial charge in [-0.25, -0.2) is 0 Å².